The summed E-state index contributed by atoms with van der Waals surface area (Å²) in [5.74, 6) is 0.0587. The molecule has 1 aliphatic rings. The molecular weight excluding hydrogens is 597 g/mol. The van der Waals surface area contributed by atoms with Gasteiger partial charge in [0, 0.05) is 57.9 Å². The molecule has 166 valence electrons. The summed E-state index contributed by atoms with van der Waals surface area (Å²) >= 11 is 6.51. The minimum absolute atomic E-state index is 0. The van der Waals surface area contributed by atoms with Crippen LogP contribution < -0.4 is 4.90 Å². The zero-order valence-corrected chi connectivity index (χ0v) is 22.2. The Morgan fingerprint density at radius 1 is 1.31 bits per heavy atom. The fourth-order valence-corrected chi connectivity index (χ4v) is 4.35. The Balaban J connectivity index is 0.00000289. The number of phenols is 1. The fraction of sp³-hybridized carbons (Fsp3) is 0.348. The summed E-state index contributed by atoms with van der Waals surface area (Å²) in [4.78, 5) is 25.1. The number of nitrogens with zero attached hydrogens (tertiary/aromatic N) is 4. The summed E-state index contributed by atoms with van der Waals surface area (Å²) in [5.41, 5.74) is 0.724. The largest absolute Gasteiger partial charge is 0.517 e. The first-order valence-corrected chi connectivity index (χ1v) is 10.7. The van der Waals surface area contributed by atoms with Crippen LogP contribution >= 0.6 is 11.6 Å². The normalized spacial score (nSPS) is 16.2. The summed E-state index contributed by atoms with van der Waals surface area (Å²) in [6.45, 7) is 5.85. The number of aromatic nitrogens is 2. The molecule has 1 atom stereocenters. The first-order chi connectivity index (χ1) is 14.9. The molecule has 4 rings (SSSR count). The summed E-state index contributed by atoms with van der Waals surface area (Å²) in [5, 5.41) is 11.1. The van der Waals surface area contributed by atoms with Gasteiger partial charge in [-0.15, -0.1) is 29.3 Å². The van der Waals surface area contributed by atoms with Gasteiger partial charge in [0.1, 0.15) is 6.33 Å². The van der Waals surface area contributed by atoms with Crippen LogP contribution in [0.25, 0.3) is 22.0 Å². The van der Waals surface area contributed by atoms with E-state index >= 15 is 0 Å². The molecule has 1 amide bonds. The zero-order valence-electron chi connectivity index (χ0n) is 17.9. The van der Waals surface area contributed by atoms with Gasteiger partial charge in [-0.05, 0) is 40.0 Å². The summed E-state index contributed by atoms with van der Waals surface area (Å²) in [6, 6.07) is 8.96. The predicted molar refractivity (Wildman–Crippen MR) is 119 cm³/mol. The standard InChI is InChI=1S/C23H23ClFN4O2.Hf/c1-3-14-12-28(21(31)4-2)8-9-29(14)23-16-10-17(24)15(11-19(16)26-13-27-23)22-18(25)6-5-7-20(22)30;/h5-7,10,13-14,30H,3-4,8-9,12H2,1-2H3;/q-1;. The van der Waals surface area contributed by atoms with E-state index in [2.05, 4.69) is 27.9 Å². The number of amides is 1. The molecule has 0 spiro atoms. The van der Waals surface area contributed by atoms with Crippen LogP contribution in [-0.2, 0) is 30.6 Å². The fourth-order valence-electron chi connectivity index (χ4n) is 4.10. The van der Waals surface area contributed by atoms with Crippen LogP contribution in [0.3, 0.4) is 0 Å². The number of halogens is 2. The molecule has 32 heavy (non-hydrogen) atoms. The average Bonchev–Trinajstić information content (AvgIpc) is 2.78. The van der Waals surface area contributed by atoms with E-state index in [0.29, 0.717) is 42.8 Å². The Hall–Kier alpha value is -2.06. The van der Waals surface area contributed by atoms with E-state index in [9.17, 15) is 14.3 Å². The van der Waals surface area contributed by atoms with Crippen LogP contribution in [0.5, 0.6) is 5.75 Å². The number of carbonyl (C=O) groups is 1. The van der Waals surface area contributed by atoms with Crippen LogP contribution in [0.2, 0.25) is 5.02 Å². The molecule has 1 aliphatic heterocycles. The van der Waals surface area contributed by atoms with Crippen LogP contribution in [0, 0.1) is 11.9 Å². The van der Waals surface area contributed by atoms with Crippen molar-refractivity contribution in [3.8, 4) is 16.9 Å². The van der Waals surface area contributed by atoms with Crippen molar-refractivity contribution in [2.24, 2.45) is 0 Å². The third-order valence-electron chi connectivity index (χ3n) is 5.74. The summed E-state index contributed by atoms with van der Waals surface area (Å²) in [7, 11) is 0. The molecule has 1 saturated heterocycles. The van der Waals surface area contributed by atoms with E-state index in [1.54, 1.807) is 6.07 Å². The monoisotopic (exact) mass is 621 g/mol. The van der Waals surface area contributed by atoms with Crippen molar-refractivity contribution in [1.82, 2.24) is 14.9 Å². The Bertz CT molecular complexity index is 1130. The van der Waals surface area contributed by atoms with Gasteiger partial charge >= 0.3 is 0 Å². The van der Waals surface area contributed by atoms with Gasteiger partial charge < -0.3 is 14.9 Å². The third kappa shape index (κ3) is 4.53. The zero-order chi connectivity index (χ0) is 22.1. The van der Waals surface area contributed by atoms with Gasteiger partial charge in [-0.1, -0.05) is 19.9 Å². The number of benzene rings is 2. The van der Waals surface area contributed by atoms with Crippen molar-refractivity contribution in [3.05, 3.63) is 47.5 Å². The van der Waals surface area contributed by atoms with E-state index in [0.717, 1.165) is 6.42 Å². The van der Waals surface area contributed by atoms with Crippen molar-refractivity contribution in [2.45, 2.75) is 32.7 Å². The Kier molecular flexibility index (Phi) is 7.88. The van der Waals surface area contributed by atoms with Crippen LogP contribution in [-0.4, -0.2) is 51.6 Å². The number of phenolic OH excluding ortho intramolecular Hbond substituents is 1. The molecule has 0 aliphatic carbocycles. The Labute approximate surface area is 210 Å². The van der Waals surface area contributed by atoms with Crippen molar-refractivity contribution >= 4 is 34.2 Å². The SMILES string of the molecule is CCC(=O)N1CCN(c2ncnc3[c-]c(-c4c(O)cccc4F)c(Cl)cc23)C(CC)C1.[Hf]. The molecule has 3 aromatic rings. The number of hydrogen-bond acceptors (Lipinski definition) is 5. The maximum Gasteiger partial charge on any atom is 0.222 e. The van der Waals surface area contributed by atoms with Crippen molar-refractivity contribution in [1.29, 1.82) is 0 Å². The Morgan fingerprint density at radius 2 is 2.09 bits per heavy atom. The summed E-state index contributed by atoms with van der Waals surface area (Å²) < 4.78 is 14.4. The molecule has 1 aromatic heterocycles. The third-order valence-corrected chi connectivity index (χ3v) is 6.04. The van der Waals surface area contributed by atoms with Crippen LogP contribution in [0.4, 0.5) is 10.2 Å². The number of carbonyl (C=O) groups excluding carboxylic acids is 1. The number of hydrogen-bond donors (Lipinski definition) is 1. The van der Waals surface area contributed by atoms with E-state index in [-0.39, 0.29) is 59.7 Å². The molecule has 0 radical (unpaired) electrons. The second-order valence-corrected chi connectivity index (χ2v) is 7.94. The molecule has 1 N–H and O–H groups in total. The smallest absolute Gasteiger partial charge is 0.222 e. The second kappa shape index (κ2) is 10.3. The van der Waals surface area contributed by atoms with Crippen molar-refractivity contribution in [3.63, 3.8) is 0 Å². The first kappa shape index (κ1) is 24.6. The second-order valence-electron chi connectivity index (χ2n) is 7.53. The Morgan fingerprint density at radius 3 is 2.78 bits per heavy atom. The predicted octanol–water partition coefficient (Wildman–Crippen LogP) is 4.43. The maximum atomic E-state index is 14.4. The molecular formula is C23H23ClFHfN4O2-. The van der Waals surface area contributed by atoms with Gasteiger partial charge in [-0.25, -0.2) is 9.37 Å². The average molecular weight is 620 g/mol. The molecule has 1 fully saturated rings. The minimum Gasteiger partial charge on any atom is -0.517 e. The van der Waals surface area contributed by atoms with Gasteiger partial charge in [0.25, 0.3) is 0 Å². The van der Waals surface area contributed by atoms with Gasteiger partial charge in [0.2, 0.25) is 5.91 Å². The van der Waals surface area contributed by atoms with Gasteiger partial charge in [0.15, 0.2) is 0 Å². The molecule has 0 bridgehead atoms. The topological polar surface area (TPSA) is 69.6 Å². The summed E-state index contributed by atoms with van der Waals surface area (Å²) in [6.07, 6.45) is 2.78. The van der Waals surface area contributed by atoms with E-state index in [4.69, 9.17) is 11.6 Å². The number of aromatic hydroxyl groups is 1. The molecule has 9 heteroatoms. The van der Waals surface area contributed by atoms with E-state index in [1.165, 1.54) is 24.5 Å². The van der Waals surface area contributed by atoms with Crippen LogP contribution in [0.1, 0.15) is 26.7 Å². The maximum absolute atomic E-state index is 14.4. The number of fused-ring (bicyclic) bond motifs is 1. The first-order valence-electron chi connectivity index (χ1n) is 10.3. The number of piperazine rings is 1. The van der Waals surface area contributed by atoms with Crippen molar-refractivity contribution < 1.29 is 40.1 Å². The van der Waals surface area contributed by atoms with Gasteiger partial charge in [-0.2, -0.15) is 0 Å². The van der Waals surface area contributed by atoms with E-state index < -0.39 is 5.82 Å². The van der Waals surface area contributed by atoms with Crippen LogP contribution in [0.15, 0.2) is 30.6 Å². The quantitative estimate of drug-likeness (QED) is 0.346. The number of anilines is 1. The minimum atomic E-state index is -0.588. The van der Waals surface area contributed by atoms with Crippen molar-refractivity contribution in [2.75, 3.05) is 24.5 Å². The number of rotatable bonds is 4. The molecule has 1 unspecified atom stereocenters. The van der Waals surface area contributed by atoms with Gasteiger partial charge in [0.05, 0.1) is 17.4 Å². The molecule has 0 saturated carbocycles. The van der Waals surface area contributed by atoms with Gasteiger partial charge in [-0.3, -0.25) is 9.78 Å². The molecule has 6 nitrogen and oxygen atoms in total. The van der Waals surface area contributed by atoms with E-state index in [1.807, 2.05) is 11.8 Å². The molecule has 2 aromatic carbocycles. The molecule has 2 heterocycles.